The van der Waals surface area contributed by atoms with Crippen molar-refractivity contribution in [3.63, 3.8) is 0 Å². The van der Waals surface area contributed by atoms with Gasteiger partial charge >= 0.3 is 0 Å². The smallest absolute Gasteiger partial charge is 0.122 e. The molecule has 1 N–H and O–H groups in total. The summed E-state index contributed by atoms with van der Waals surface area (Å²) in [7, 11) is 1.71. The molecule has 0 radical (unpaired) electrons. The van der Waals surface area contributed by atoms with E-state index in [1.54, 1.807) is 7.11 Å². The lowest BCUT2D eigenvalue weighted by Crippen LogP contribution is -2.30. The lowest BCUT2D eigenvalue weighted by Gasteiger charge is -2.33. The van der Waals surface area contributed by atoms with Crippen molar-refractivity contribution in [2.45, 2.75) is 45.1 Å². The SMILES string of the molecule is CCC1CCC(O)C(Cc2ccccc2OC)C1. The van der Waals surface area contributed by atoms with Gasteiger partial charge in [0.25, 0.3) is 0 Å². The summed E-state index contributed by atoms with van der Waals surface area (Å²) in [6.07, 6.45) is 5.31. The van der Waals surface area contributed by atoms with E-state index in [1.807, 2.05) is 18.2 Å². The van der Waals surface area contributed by atoms with Gasteiger partial charge < -0.3 is 9.84 Å². The van der Waals surface area contributed by atoms with Gasteiger partial charge in [-0.3, -0.25) is 0 Å². The lowest BCUT2D eigenvalue weighted by atomic mass is 9.76. The maximum Gasteiger partial charge on any atom is 0.122 e. The van der Waals surface area contributed by atoms with Crippen molar-refractivity contribution in [1.29, 1.82) is 0 Å². The van der Waals surface area contributed by atoms with Crippen LogP contribution < -0.4 is 4.74 Å². The van der Waals surface area contributed by atoms with Gasteiger partial charge in [0.1, 0.15) is 5.75 Å². The minimum absolute atomic E-state index is 0.141. The minimum Gasteiger partial charge on any atom is -0.496 e. The molecule has 2 rings (SSSR count). The quantitative estimate of drug-likeness (QED) is 0.884. The van der Waals surface area contributed by atoms with Gasteiger partial charge in [0.2, 0.25) is 0 Å². The summed E-state index contributed by atoms with van der Waals surface area (Å²) >= 11 is 0. The highest BCUT2D eigenvalue weighted by atomic mass is 16.5. The van der Waals surface area contributed by atoms with Crippen LogP contribution in [0.3, 0.4) is 0 Å². The van der Waals surface area contributed by atoms with E-state index in [0.29, 0.717) is 5.92 Å². The zero-order chi connectivity index (χ0) is 13.0. The number of para-hydroxylation sites is 1. The molecular weight excluding hydrogens is 224 g/mol. The Morgan fingerprint density at radius 1 is 1.28 bits per heavy atom. The fourth-order valence-electron chi connectivity index (χ4n) is 3.09. The predicted molar refractivity (Wildman–Crippen MR) is 73.8 cm³/mol. The number of aliphatic hydroxyl groups is 1. The van der Waals surface area contributed by atoms with Crippen LogP contribution in [-0.2, 0) is 6.42 Å². The summed E-state index contributed by atoms with van der Waals surface area (Å²) in [6.45, 7) is 2.25. The van der Waals surface area contributed by atoms with Crippen molar-refractivity contribution >= 4 is 0 Å². The third-order valence-electron chi connectivity index (χ3n) is 4.30. The molecule has 3 atom stereocenters. The Morgan fingerprint density at radius 2 is 2.06 bits per heavy atom. The number of hydrogen-bond acceptors (Lipinski definition) is 2. The van der Waals surface area contributed by atoms with Gasteiger partial charge in [-0.15, -0.1) is 0 Å². The van der Waals surface area contributed by atoms with Crippen LogP contribution in [0.2, 0.25) is 0 Å². The molecule has 0 heterocycles. The Kier molecular flexibility index (Phi) is 4.65. The van der Waals surface area contributed by atoms with Crippen molar-refractivity contribution in [2.75, 3.05) is 7.11 Å². The lowest BCUT2D eigenvalue weighted by molar-refractivity contribution is 0.0472. The van der Waals surface area contributed by atoms with Crippen LogP contribution in [-0.4, -0.2) is 18.3 Å². The first-order valence-corrected chi connectivity index (χ1v) is 7.04. The second-order valence-corrected chi connectivity index (χ2v) is 5.43. The first-order chi connectivity index (χ1) is 8.74. The van der Waals surface area contributed by atoms with Gasteiger partial charge in [0.15, 0.2) is 0 Å². The average molecular weight is 248 g/mol. The van der Waals surface area contributed by atoms with E-state index >= 15 is 0 Å². The van der Waals surface area contributed by atoms with Crippen LogP contribution in [0.15, 0.2) is 24.3 Å². The topological polar surface area (TPSA) is 29.5 Å². The number of hydrogen-bond donors (Lipinski definition) is 1. The molecule has 18 heavy (non-hydrogen) atoms. The van der Waals surface area contributed by atoms with E-state index in [4.69, 9.17) is 4.74 Å². The Bertz CT molecular complexity index is 375. The second kappa shape index (κ2) is 6.24. The Balaban J connectivity index is 2.07. The Hall–Kier alpha value is -1.02. The summed E-state index contributed by atoms with van der Waals surface area (Å²) in [5, 5.41) is 10.2. The van der Waals surface area contributed by atoms with Gasteiger partial charge in [-0.05, 0) is 49.1 Å². The largest absolute Gasteiger partial charge is 0.496 e. The summed E-state index contributed by atoms with van der Waals surface area (Å²) < 4.78 is 5.39. The fraction of sp³-hybridized carbons (Fsp3) is 0.625. The van der Waals surface area contributed by atoms with Gasteiger partial charge in [0, 0.05) is 0 Å². The molecule has 0 spiro atoms. The van der Waals surface area contributed by atoms with E-state index in [2.05, 4.69) is 13.0 Å². The maximum absolute atomic E-state index is 10.2. The van der Waals surface area contributed by atoms with Crippen molar-refractivity contribution in [3.8, 4) is 5.75 Å². The van der Waals surface area contributed by atoms with Crippen LogP contribution in [0.4, 0.5) is 0 Å². The molecule has 100 valence electrons. The predicted octanol–water partition coefficient (Wildman–Crippen LogP) is 3.42. The maximum atomic E-state index is 10.2. The fourth-order valence-corrected chi connectivity index (χ4v) is 3.09. The highest BCUT2D eigenvalue weighted by Gasteiger charge is 2.28. The first kappa shape index (κ1) is 13.4. The van der Waals surface area contributed by atoms with E-state index in [9.17, 15) is 5.11 Å². The van der Waals surface area contributed by atoms with E-state index in [0.717, 1.165) is 30.9 Å². The van der Waals surface area contributed by atoms with Crippen molar-refractivity contribution < 1.29 is 9.84 Å². The van der Waals surface area contributed by atoms with Gasteiger partial charge in [-0.2, -0.15) is 0 Å². The van der Waals surface area contributed by atoms with Crippen LogP contribution in [0, 0.1) is 11.8 Å². The zero-order valence-corrected chi connectivity index (χ0v) is 11.4. The molecule has 2 heteroatoms. The molecule has 0 aromatic heterocycles. The summed E-state index contributed by atoms with van der Waals surface area (Å²) in [6, 6.07) is 8.15. The molecule has 1 aliphatic carbocycles. The van der Waals surface area contributed by atoms with Crippen molar-refractivity contribution in [2.24, 2.45) is 11.8 Å². The molecule has 1 aromatic rings. The second-order valence-electron chi connectivity index (χ2n) is 5.43. The van der Waals surface area contributed by atoms with Crippen LogP contribution in [0.25, 0.3) is 0 Å². The number of aliphatic hydroxyl groups excluding tert-OH is 1. The third kappa shape index (κ3) is 3.05. The standard InChI is InChI=1S/C16H24O2/c1-3-12-8-9-15(17)14(10-12)11-13-6-4-5-7-16(13)18-2/h4-7,12,14-15,17H,3,8-11H2,1-2H3. The molecule has 3 unspecified atom stereocenters. The molecule has 1 aliphatic rings. The Labute approximate surface area is 110 Å². The minimum atomic E-state index is -0.141. The van der Waals surface area contributed by atoms with Gasteiger partial charge in [-0.1, -0.05) is 31.5 Å². The molecule has 1 saturated carbocycles. The highest BCUT2D eigenvalue weighted by Crippen LogP contribution is 2.34. The molecule has 1 fully saturated rings. The molecule has 2 nitrogen and oxygen atoms in total. The van der Waals surface area contributed by atoms with Gasteiger partial charge in [0.05, 0.1) is 13.2 Å². The molecular formula is C16H24O2. The zero-order valence-electron chi connectivity index (χ0n) is 11.4. The van der Waals surface area contributed by atoms with Gasteiger partial charge in [-0.25, -0.2) is 0 Å². The average Bonchev–Trinajstić information content (AvgIpc) is 2.42. The van der Waals surface area contributed by atoms with Crippen molar-refractivity contribution in [3.05, 3.63) is 29.8 Å². The normalized spacial score (nSPS) is 28.1. The van der Waals surface area contributed by atoms with Crippen LogP contribution >= 0.6 is 0 Å². The monoisotopic (exact) mass is 248 g/mol. The van der Waals surface area contributed by atoms with Crippen LogP contribution in [0.5, 0.6) is 5.75 Å². The molecule has 1 aromatic carbocycles. The van der Waals surface area contributed by atoms with E-state index in [-0.39, 0.29) is 6.10 Å². The molecule has 0 saturated heterocycles. The summed E-state index contributed by atoms with van der Waals surface area (Å²) in [5.41, 5.74) is 1.22. The highest BCUT2D eigenvalue weighted by molar-refractivity contribution is 5.33. The number of ether oxygens (including phenoxy) is 1. The number of rotatable bonds is 4. The van der Waals surface area contributed by atoms with Crippen molar-refractivity contribution in [1.82, 2.24) is 0 Å². The first-order valence-electron chi connectivity index (χ1n) is 7.04. The number of benzene rings is 1. The summed E-state index contributed by atoms with van der Waals surface area (Å²) in [4.78, 5) is 0. The van der Waals surface area contributed by atoms with E-state index in [1.165, 1.54) is 18.4 Å². The third-order valence-corrected chi connectivity index (χ3v) is 4.30. The molecule has 0 bridgehead atoms. The Morgan fingerprint density at radius 3 is 2.78 bits per heavy atom. The molecule has 0 aliphatic heterocycles. The summed E-state index contributed by atoms with van der Waals surface area (Å²) in [5.74, 6) is 2.12. The molecule has 0 amide bonds. The van der Waals surface area contributed by atoms with E-state index < -0.39 is 0 Å². The van der Waals surface area contributed by atoms with Crippen LogP contribution in [0.1, 0.15) is 38.2 Å². The number of methoxy groups -OCH3 is 1.